The summed E-state index contributed by atoms with van der Waals surface area (Å²) in [6, 6.07) is 1.54. The van der Waals surface area contributed by atoms with E-state index >= 15 is 0 Å². The van der Waals surface area contributed by atoms with Crippen LogP contribution in [0.15, 0.2) is 6.07 Å². The summed E-state index contributed by atoms with van der Waals surface area (Å²) in [4.78, 5) is 2.77. The molecule has 0 aromatic carbocycles. The van der Waals surface area contributed by atoms with Crippen molar-refractivity contribution in [3.05, 3.63) is 28.0 Å². The molecule has 86 valence electrons. The van der Waals surface area contributed by atoms with Gasteiger partial charge in [-0.05, 0) is 6.07 Å². The Morgan fingerprint density at radius 2 is 1.94 bits per heavy atom. The van der Waals surface area contributed by atoms with E-state index in [1.54, 1.807) is 0 Å². The first-order valence-electron chi connectivity index (χ1n) is 3.73. The Bertz CT molecular complexity index is 449. The lowest BCUT2D eigenvalue weighted by Gasteiger charge is -2.10. The lowest BCUT2D eigenvalue weighted by molar-refractivity contribution is -0.141. The van der Waals surface area contributed by atoms with Gasteiger partial charge in [0.05, 0.1) is 11.1 Å². The number of hydrogen-bond acceptors (Lipinski definition) is 2. The molecule has 0 bridgehead atoms. The quantitative estimate of drug-likeness (QED) is 0.569. The molecule has 0 unspecified atom stereocenters. The Labute approximate surface area is 91.3 Å². The molecule has 2 nitrogen and oxygen atoms in total. The fraction of sp³-hybridized carbons (Fsp3) is 0.250. The van der Waals surface area contributed by atoms with E-state index in [4.69, 9.17) is 16.9 Å². The van der Waals surface area contributed by atoms with Crippen molar-refractivity contribution in [2.75, 3.05) is 0 Å². The maximum atomic E-state index is 12.3. The van der Waals surface area contributed by atoms with Crippen molar-refractivity contribution in [1.29, 1.82) is 5.26 Å². The third-order valence-electron chi connectivity index (χ3n) is 1.63. The predicted molar refractivity (Wildman–Crippen MR) is 43.9 cm³/mol. The fourth-order valence-corrected chi connectivity index (χ4v) is 1.18. The topological polar surface area (TPSA) is 36.7 Å². The first kappa shape index (κ1) is 12.6. The van der Waals surface area contributed by atoms with Crippen LogP contribution in [0.5, 0.6) is 0 Å². The molecule has 0 fully saturated rings. The summed E-state index contributed by atoms with van der Waals surface area (Å²) in [5.41, 5.74) is -3.44. The number of rotatable bonds is 1. The van der Waals surface area contributed by atoms with Gasteiger partial charge in [-0.15, -0.1) is 0 Å². The number of nitriles is 1. The van der Waals surface area contributed by atoms with Gasteiger partial charge in [-0.3, -0.25) is 0 Å². The Morgan fingerprint density at radius 3 is 2.31 bits per heavy atom. The van der Waals surface area contributed by atoms with Crippen LogP contribution in [0.1, 0.15) is 23.2 Å². The van der Waals surface area contributed by atoms with Crippen molar-refractivity contribution >= 4 is 11.6 Å². The van der Waals surface area contributed by atoms with Gasteiger partial charge in [0, 0.05) is 0 Å². The summed E-state index contributed by atoms with van der Waals surface area (Å²) in [6.07, 6.45) is -8.00. The van der Waals surface area contributed by atoms with Crippen molar-refractivity contribution in [3.63, 3.8) is 0 Å². The van der Waals surface area contributed by atoms with E-state index in [0.29, 0.717) is 6.07 Å². The zero-order valence-corrected chi connectivity index (χ0v) is 8.07. The van der Waals surface area contributed by atoms with Crippen molar-refractivity contribution < 1.29 is 22.0 Å². The fourth-order valence-electron chi connectivity index (χ4n) is 0.961. The van der Waals surface area contributed by atoms with E-state index in [9.17, 15) is 22.0 Å². The average Bonchev–Trinajstić information content (AvgIpc) is 2.15. The largest absolute Gasteiger partial charge is 0.434 e. The minimum atomic E-state index is -4.91. The van der Waals surface area contributed by atoms with Crippen LogP contribution in [0.4, 0.5) is 22.0 Å². The predicted octanol–water partition coefficient (Wildman–Crippen LogP) is 3.56. The Hall–Kier alpha value is -1.42. The summed E-state index contributed by atoms with van der Waals surface area (Å²) >= 11 is 5.16. The number of pyridine rings is 1. The van der Waals surface area contributed by atoms with Crippen LogP contribution in [0.2, 0.25) is 5.15 Å². The van der Waals surface area contributed by atoms with Crippen LogP contribution in [-0.4, -0.2) is 4.98 Å². The summed E-state index contributed by atoms with van der Waals surface area (Å²) in [5, 5.41) is 7.44. The molecule has 0 N–H and O–H groups in total. The van der Waals surface area contributed by atoms with Gasteiger partial charge in [-0.1, -0.05) is 11.6 Å². The highest BCUT2D eigenvalue weighted by atomic mass is 35.5. The maximum absolute atomic E-state index is 12.3. The molecule has 0 spiro atoms. The number of halogens is 6. The molecule has 0 aliphatic heterocycles. The van der Waals surface area contributed by atoms with E-state index in [2.05, 4.69) is 4.98 Å². The van der Waals surface area contributed by atoms with E-state index < -0.39 is 34.6 Å². The monoisotopic (exact) mass is 256 g/mol. The molecule has 0 saturated heterocycles. The van der Waals surface area contributed by atoms with Crippen molar-refractivity contribution in [1.82, 2.24) is 4.98 Å². The molecule has 1 aromatic heterocycles. The first-order chi connectivity index (χ1) is 7.27. The molecule has 16 heavy (non-hydrogen) atoms. The molecule has 1 rings (SSSR count). The van der Waals surface area contributed by atoms with Gasteiger partial charge in [-0.25, -0.2) is 13.8 Å². The van der Waals surface area contributed by atoms with E-state index in [-0.39, 0.29) is 0 Å². The summed E-state index contributed by atoms with van der Waals surface area (Å²) in [5.74, 6) is 0. The molecule has 0 saturated carbocycles. The van der Waals surface area contributed by atoms with Crippen LogP contribution < -0.4 is 0 Å². The second-order valence-corrected chi connectivity index (χ2v) is 3.03. The van der Waals surface area contributed by atoms with E-state index in [0.717, 1.165) is 6.07 Å². The minimum absolute atomic E-state index is 0.392. The third kappa shape index (κ3) is 2.39. The van der Waals surface area contributed by atoms with Gasteiger partial charge in [-0.2, -0.15) is 18.4 Å². The molecular weight excluding hydrogens is 255 g/mol. The smallest absolute Gasteiger partial charge is 0.230 e. The van der Waals surface area contributed by atoms with Gasteiger partial charge in [0.25, 0.3) is 6.43 Å². The van der Waals surface area contributed by atoms with Crippen LogP contribution in [0.3, 0.4) is 0 Å². The standard InChI is InChI=1S/C8H2ClF5N2/c9-6-4(7(10)11)1-3(2-15)5(16-6)8(12,13)14/h1,7H. The first-order valence-corrected chi connectivity index (χ1v) is 4.11. The van der Waals surface area contributed by atoms with Crippen LogP contribution in [0, 0.1) is 11.3 Å². The molecule has 0 radical (unpaired) electrons. The Balaban J connectivity index is 3.46. The lowest BCUT2D eigenvalue weighted by atomic mass is 10.1. The van der Waals surface area contributed by atoms with Gasteiger partial charge >= 0.3 is 6.18 Å². The lowest BCUT2D eigenvalue weighted by Crippen LogP contribution is -2.12. The summed E-state index contributed by atoms with van der Waals surface area (Å²) < 4.78 is 61.4. The summed E-state index contributed by atoms with van der Waals surface area (Å²) in [7, 11) is 0. The van der Waals surface area contributed by atoms with Crippen molar-refractivity contribution in [2.45, 2.75) is 12.6 Å². The van der Waals surface area contributed by atoms with Crippen LogP contribution >= 0.6 is 11.6 Å². The van der Waals surface area contributed by atoms with E-state index in [1.165, 1.54) is 0 Å². The number of hydrogen-bond donors (Lipinski definition) is 0. The molecule has 0 atom stereocenters. The second-order valence-electron chi connectivity index (χ2n) is 2.67. The van der Waals surface area contributed by atoms with Crippen LogP contribution in [-0.2, 0) is 6.18 Å². The van der Waals surface area contributed by atoms with E-state index in [1.807, 2.05) is 0 Å². The molecule has 1 heterocycles. The van der Waals surface area contributed by atoms with Gasteiger partial charge in [0.15, 0.2) is 5.69 Å². The highest BCUT2D eigenvalue weighted by Gasteiger charge is 2.37. The van der Waals surface area contributed by atoms with Crippen molar-refractivity contribution in [3.8, 4) is 6.07 Å². The molecular formula is C8H2ClF5N2. The number of alkyl halides is 5. The zero-order chi connectivity index (χ0) is 12.5. The average molecular weight is 257 g/mol. The molecule has 1 aromatic rings. The third-order valence-corrected chi connectivity index (χ3v) is 1.93. The second kappa shape index (κ2) is 4.22. The molecule has 0 aliphatic carbocycles. The highest BCUT2D eigenvalue weighted by molar-refractivity contribution is 6.30. The minimum Gasteiger partial charge on any atom is -0.230 e. The zero-order valence-electron chi connectivity index (χ0n) is 7.32. The molecule has 0 amide bonds. The number of aromatic nitrogens is 1. The molecule has 0 aliphatic rings. The Morgan fingerprint density at radius 1 is 1.38 bits per heavy atom. The Kier molecular flexibility index (Phi) is 3.33. The van der Waals surface area contributed by atoms with Crippen molar-refractivity contribution in [2.24, 2.45) is 0 Å². The maximum Gasteiger partial charge on any atom is 0.434 e. The summed E-state index contributed by atoms with van der Waals surface area (Å²) in [6.45, 7) is 0. The SMILES string of the molecule is N#Cc1cc(C(F)F)c(Cl)nc1C(F)(F)F. The van der Waals surface area contributed by atoms with Crippen LogP contribution in [0.25, 0.3) is 0 Å². The van der Waals surface area contributed by atoms with Gasteiger partial charge in [0.1, 0.15) is 11.2 Å². The van der Waals surface area contributed by atoms with Gasteiger partial charge < -0.3 is 0 Å². The molecule has 8 heteroatoms. The normalized spacial score (nSPS) is 11.6. The number of nitrogens with zero attached hydrogens (tertiary/aromatic N) is 2. The highest BCUT2D eigenvalue weighted by Crippen LogP contribution is 2.34. The van der Waals surface area contributed by atoms with Gasteiger partial charge in [0.2, 0.25) is 0 Å².